The van der Waals surface area contributed by atoms with Crippen molar-refractivity contribution in [2.45, 2.75) is 19.5 Å². The van der Waals surface area contributed by atoms with Crippen molar-refractivity contribution in [3.8, 4) is 0 Å². The quantitative estimate of drug-likeness (QED) is 0.824. The summed E-state index contributed by atoms with van der Waals surface area (Å²) in [6.07, 6.45) is 3.62. The van der Waals surface area contributed by atoms with Crippen LogP contribution in [0.4, 0.5) is 5.69 Å². The molecule has 122 valence electrons. The third-order valence-electron chi connectivity index (χ3n) is 2.97. The van der Waals surface area contributed by atoms with Gasteiger partial charge in [0.1, 0.15) is 0 Å². The monoisotopic (exact) mass is 335 g/mol. The van der Waals surface area contributed by atoms with Crippen LogP contribution in [0.15, 0.2) is 40.9 Å². The highest BCUT2D eigenvalue weighted by atomic mass is 32.2. The number of ketones is 1. The van der Waals surface area contributed by atoms with E-state index >= 15 is 0 Å². The molecule has 2 rings (SSSR count). The zero-order valence-electron chi connectivity index (χ0n) is 12.7. The van der Waals surface area contributed by atoms with E-state index in [-0.39, 0.29) is 11.7 Å². The summed E-state index contributed by atoms with van der Waals surface area (Å²) >= 11 is 0. The summed E-state index contributed by atoms with van der Waals surface area (Å²) in [4.78, 5) is 26.9. The van der Waals surface area contributed by atoms with Crippen LogP contribution in [0.25, 0.3) is 0 Å². The molecule has 1 aromatic rings. The molecule has 23 heavy (non-hydrogen) atoms. The van der Waals surface area contributed by atoms with E-state index in [1.807, 2.05) is 6.07 Å². The number of sulfonamides is 1. The van der Waals surface area contributed by atoms with Crippen LogP contribution in [0.1, 0.15) is 12.5 Å². The lowest BCUT2D eigenvalue weighted by Gasteiger charge is -2.15. The summed E-state index contributed by atoms with van der Waals surface area (Å²) < 4.78 is 24.9. The molecule has 0 fully saturated rings. The maximum absolute atomic E-state index is 11.9. The average molecular weight is 335 g/mol. The number of benzene rings is 1. The van der Waals surface area contributed by atoms with Crippen molar-refractivity contribution in [2.24, 2.45) is 4.99 Å². The highest BCUT2D eigenvalue weighted by Crippen LogP contribution is 2.16. The third kappa shape index (κ3) is 5.33. The number of anilines is 1. The maximum atomic E-state index is 11.9. The van der Waals surface area contributed by atoms with Crippen LogP contribution in [0, 0.1) is 0 Å². The molecule has 7 nitrogen and oxygen atoms in total. The maximum Gasteiger partial charge on any atom is 0.229 e. The van der Waals surface area contributed by atoms with E-state index in [0.717, 1.165) is 11.8 Å². The molecule has 0 saturated carbocycles. The number of hydrogen-bond acceptors (Lipinski definition) is 5. The molecule has 0 bridgehead atoms. The molecule has 1 amide bonds. The Bertz CT molecular complexity index is 797. The summed E-state index contributed by atoms with van der Waals surface area (Å²) in [5.74, 6) is -0.611. The molecule has 8 heteroatoms. The zero-order chi connectivity index (χ0) is 17.0. The van der Waals surface area contributed by atoms with Gasteiger partial charge in [0.25, 0.3) is 0 Å². The first-order valence-corrected chi connectivity index (χ1v) is 8.73. The normalized spacial score (nSPS) is 17.6. The zero-order valence-corrected chi connectivity index (χ0v) is 13.6. The molecule has 0 radical (unpaired) electrons. The molecule has 1 atom stereocenters. The third-order valence-corrected chi connectivity index (χ3v) is 3.57. The Morgan fingerprint density at radius 2 is 2.09 bits per heavy atom. The van der Waals surface area contributed by atoms with Crippen molar-refractivity contribution in [1.29, 1.82) is 0 Å². The van der Waals surface area contributed by atoms with Gasteiger partial charge in [-0.25, -0.2) is 8.42 Å². The molecule has 1 aliphatic rings. The van der Waals surface area contributed by atoms with Crippen LogP contribution in [0.3, 0.4) is 0 Å². The van der Waals surface area contributed by atoms with Gasteiger partial charge < -0.3 is 5.32 Å². The van der Waals surface area contributed by atoms with Crippen molar-refractivity contribution in [3.63, 3.8) is 0 Å². The summed E-state index contributed by atoms with van der Waals surface area (Å²) in [7, 11) is -3.34. The van der Waals surface area contributed by atoms with Crippen molar-refractivity contribution >= 4 is 33.6 Å². The van der Waals surface area contributed by atoms with E-state index in [1.165, 1.54) is 13.0 Å². The van der Waals surface area contributed by atoms with Crippen LogP contribution < -0.4 is 10.0 Å². The first-order valence-electron chi connectivity index (χ1n) is 6.84. The van der Waals surface area contributed by atoms with Crippen molar-refractivity contribution in [1.82, 2.24) is 5.32 Å². The Morgan fingerprint density at radius 3 is 2.70 bits per heavy atom. The molecular weight excluding hydrogens is 318 g/mol. The summed E-state index contributed by atoms with van der Waals surface area (Å²) in [5.41, 5.74) is 1.98. The predicted molar refractivity (Wildman–Crippen MR) is 87.8 cm³/mol. The minimum Gasteiger partial charge on any atom is -0.328 e. The van der Waals surface area contributed by atoms with Crippen molar-refractivity contribution in [3.05, 3.63) is 41.5 Å². The van der Waals surface area contributed by atoms with Crippen LogP contribution in [-0.2, 0) is 26.0 Å². The highest BCUT2D eigenvalue weighted by Gasteiger charge is 2.19. The largest absolute Gasteiger partial charge is 0.328 e. The van der Waals surface area contributed by atoms with Gasteiger partial charge in [-0.15, -0.1) is 0 Å². The number of aliphatic imine (C=N–C) groups is 1. The number of hydrogen-bond donors (Lipinski definition) is 2. The molecule has 0 spiro atoms. The number of carbonyl (C=O) groups excluding carboxylic acids is 2. The summed E-state index contributed by atoms with van der Waals surface area (Å²) in [6.45, 7) is 1.32. The number of amides is 1. The van der Waals surface area contributed by atoms with Gasteiger partial charge in [0.2, 0.25) is 21.7 Å². The van der Waals surface area contributed by atoms with Gasteiger partial charge in [-0.2, -0.15) is 0 Å². The SMILES string of the molecule is CC(=O)NC1N=CC(Cc2cccc(NS(C)(=O)=O)c2)=CC1=O. The van der Waals surface area contributed by atoms with Gasteiger partial charge in [0.15, 0.2) is 6.17 Å². The number of carbonyl (C=O) groups is 2. The second-order valence-corrected chi connectivity index (χ2v) is 7.00. The standard InChI is InChI=1S/C15H17N3O4S/c1-10(19)17-15-14(20)8-12(9-16-15)6-11-4-3-5-13(7-11)18-23(2,21)22/h3-5,7-9,15,18H,6H2,1-2H3,(H,17,19). The minimum absolute atomic E-state index is 0.289. The van der Waals surface area contributed by atoms with Crippen LogP contribution >= 0.6 is 0 Å². The van der Waals surface area contributed by atoms with Crippen LogP contribution in [0.5, 0.6) is 0 Å². The van der Waals surface area contributed by atoms with E-state index in [1.54, 1.807) is 24.4 Å². The Kier molecular flexibility index (Phi) is 4.95. The number of rotatable bonds is 5. The van der Waals surface area contributed by atoms with E-state index in [4.69, 9.17) is 0 Å². The van der Waals surface area contributed by atoms with Gasteiger partial charge in [-0.1, -0.05) is 12.1 Å². The fraction of sp³-hybridized carbons (Fsp3) is 0.267. The first kappa shape index (κ1) is 16.9. The molecule has 0 saturated heterocycles. The molecule has 1 aromatic carbocycles. The van der Waals surface area contributed by atoms with E-state index < -0.39 is 16.2 Å². The first-order chi connectivity index (χ1) is 10.7. The van der Waals surface area contributed by atoms with Gasteiger partial charge in [0.05, 0.1) is 6.26 Å². The average Bonchev–Trinajstić information content (AvgIpc) is 2.40. The Balaban J connectivity index is 2.09. The lowest BCUT2D eigenvalue weighted by molar-refractivity contribution is -0.124. The van der Waals surface area contributed by atoms with Gasteiger partial charge in [-0.05, 0) is 35.8 Å². The number of nitrogens with one attached hydrogen (secondary N) is 2. The summed E-state index contributed by atoms with van der Waals surface area (Å²) in [5, 5.41) is 2.44. The lowest BCUT2D eigenvalue weighted by Crippen LogP contribution is -2.39. The van der Waals surface area contributed by atoms with Crippen molar-refractivity contribution < 1.29 is 18.0 Å². The molecule has 1 aliphatic heterocycles. The summed E-state index contributed by atoms with van der Waals surface area (Å²) in [6, 6.07) is 6.89. The second kappa shape index (κ2) is 6.74. The molecule has 1 heterocycles. The van der Waals surface area contributed by atoms with Gasteiger partial charge >= 0.3 is 0 Å². The fourth-order valence-electron chi connectivity index (χ4n) is 2.13. The predicted octanol–water partition coefficient (Wildman–Crippen LogP) is 0.643. The topological polar surface area (TPSA) is 105 Å². The van der Waals surface area contributed by atoms with E-state index in [0.29, 0.717) is 17.7 Å². The van der Waals surface area contributed by atoms with Gasteiger partial charge in [-0.3, -0.25) is 19.3 Å². The fourth-order valence-corrected chi connectivity index (χ4v) is 2.69. The lowest BCUT2D eigenvalue weighted by atomic mass is 10.0. The van der Waals surface area contributed by atoms with Crippen molar-refractivity contribution in [2.75, 3.05) is 11.0 Å². The molecule has 0 aromatic heterocycles. The number of allylic oxidation sites excluding steroid dienone is 1. The molecule has 0 aliphatic carbocycles. The smallest absolute Gasteiger partial charge is 0.229 e. The number of dihydropyridines is 1. The Labute approximate surface area is 134 Å². The Morgan fingerprint density at radius 1 is 1.35 bits per heavy atom. The molecule has 1 unspecified atom stereocenters. The highest BCUT2D eigenvalue weighted by molar-refractivity contribution is 7.92. The minimum atomic E-state index is -3.34. The van der Waals surface area contributed by atoms with Gasteiger partial charge in [0, 0.05) is 18.8 Å². The number of nitrogens with zero attached hydrogens (tertiary/aromatic N) is 1. The molecular formula is C15H17N3O4S. The second-order valence-electron chi connectivity index (χ2n) is 5.25. The van der Waals surface area contributed by atoms with Crippen LogP contribution in [-0.4, -0.2) is 38.7 Å². The van der Waals surface area contributed by atoms with E-state index in [9.17, 15) is 18.0 Å². The Hall–Kier alpha value is -2.48. The molecule has 2 N–H and O–H groups in total. The van der Waals surface area contributed by atoms with Crippen LogP contribution in [0.2, 0.25) is 0 Å². The van der Waals surface area contributed by atoms with E-state index in [2.05, 4.69) is 15.0 Å².